The van der Waals surface area contributed by atoms with Crippen LogP contribution in [0.1, 0.15) is 24.2 Å². The molecule has 1 unspecified atom stereocenters. The summed E-state index contributed by atoms with van der Waals surface area (Å²) in [5.41, 5.74) is 1.77. The molecule has 1 atom stereocenters. The molecule has 2 aromatic carbocycles. The van der Waals surface area contributed by atoms with Crippen molar-refractivity contribution in [3.8, 4) is 11.3 Å². The van der Waals surface area contributed by atoms with Crippen LogP contribution in [-0.4, -0.2) is 31.0 Å². The van der Waals surface area contributed by atoms with Crippen LogP contribution in [-0.2, 0) is 10.0 Å². The third-order valence-corrected chi connectivity index (χ3v) is 5.80. The maximum Gasteiger partial charge on any atom is 0.412 e. The average molecular weight is 484 g/mol. The van der Waals surface area contributed by atoms with Crippen LogP contribution in [0.25, 0.3) is 11.3 Å². The first kappa shape index (κ1) is 22.9. The Hall–Kier alpha value is -2.75. The fraction of sp³-hybridized carbons (Fsp3) is 0.200. The van der Waals surface area contributed by atoms with Gasteiger partial charge in [0.15, 0.2) is 5.76 Å². The fourth-order valence-corrected chi connectivity index (χ4v) is 4.33. The van der Waals surface area contributed by atoms with Crippen molar-refractivity contribution in [3.05, 3.63) is 63.8 Å². The van der Waals surface area contributed by atoms with Gasteiger partial charge in [0.1, 0.15) is 11.4 Å². The number of anilines is 2. The van der Waals surface area contributed by atoms with Crippen LogP contribution in [0.5, 0.6) is 0 Å². The van der Waals surface area contributed by atoms with Crippen LogP contribution in [0, 0.1) is 6.92 Å². The lowest BCUT2D eigenvalue weighted by Crippen LogP contribution is -2.33. The van der Waals surface area contributed by atoms with Crippen molar-refractivity contribution in [2.75, 3.05) is 15.9 Å². The number of aromatic nitrogens is 1. The van der Waals surface area contributed by atoms with Crippen LogP contribution in [0.4, 0.5) is 16.2 Å². The summed E-state index contributed by atoms with van der Waals surface area (Å²) in [5, 5.41) is 14.5. The lowest BCUT2D eigenvalue weighted by atomic mass is 10.0. The van der Waals surface area contributed by atoms with Gasteiger partial charge in [-0.2, -0.15) is 0 Å². The number of aryl methyl sites for hydroxylation is 1. The van der Waals surface area contributed by atoms with Crippen LogP contribution in [0.3, 0.4) is 0 Å². The van der Waals surface area contributed by atoms with Gasteiger partial charge in [-0.15, -0.1) is 0 Å². The van der Waals surface area contributed by atoms with Gasteiger partial charge in [0.2, 0.25) is 10.0 Å². The second kappa shape index (κ2) is 8.78. The maximum atomic E-state index is 12.3. The molecule has 31 heavy (non-hydrogen) atoms. The molecule has 1 aromatic heterocycles. The maximum absolute atomic E-state index is 12.3. The van der Waals surface area contributed by atoms with Gasteiger partial charge >= 0.3 is 6.09 Å². The van der Waals surface area contributed by atoms with Crippen molar-refractivity contribution >= 4 is 50.7 Å². The predicted octanol–water partition coefficient (Wildman–Crippen LogP) is 5.57. The molecule has 0 aliphatic heterocycles. The number of benzene rings is 2. The second-order valence-corrected chi connectivity index (χ2v) is 9.43. The summed E-state index contributed by atoms with van der Waals surface area (Å²) in [4.78, 5) is 13.4. The smallest absolute Gasteiger partial charge is 0.412 e. The number of nitrogens with zero attached hydrogens (tertiary/aromatic N) is 2. The second-order valence-electron chi connectivity index (χ2n) is 6.86. The van der Waals surface area contributed by atoms with Gasteiger partial charge in [-0.05, 0) is 43.7 Å². The molecular weight excluding hydrogens is 465 g/mol. The topological polar surface area (TPSA) is 113 Å². The van der Waals surface area contributed by atoms with Gasteiger partial charge in [-0.3, -0.25) is 9.62 Å². The minimum atomic E-state index is -3.49. The van der Waals surface area contributed by atoms with E-state index < -0.39 is 22.2 Å². The Morgan fingerprint density at radius 3 is 2.45 bits per heavy atom. The molecule has 0 saturated carbocycles. The van der Waals surface area contributed by atoms with E-state index in [-0.39, 0.29) is 22.2 Å². The van der Waals surface area contributed by atoms with Gasteiger partial charge in [0.25, 0.3) is 0 Å². The Morgan fingerprint density at radius 1 is 1.19 bits per heavy atom. The summed E-state index contributed by atoms with van der Waals surface area (Å²) >= 11 is 12.7. The molecule has 8 nitrogen and oxygen atoms in total. The number of hydrogen-bond acceptors (Lipinski definition) is 5. The largest absolute Gasteiger partial charge is 0.465 e. The first-order valence-electron chi connectivity index (χ1n) is 9.00. The molecule has 0 aliphatic rings. The molecule has 1 amide bonds. The zero-order valence-corrected chi connectivity index (χ0v) is 19.1. The molecule has 11 heteroatoms. The molecule has 3 aromatic rings. The highest BCUT2D eigenvalue weighted by Gasteiger charge is 2.32. The van der Waals surface area contributed by atoms with E-state index >= 15 is 0 Å². The Kier molecular flexibility index (Phi) is 6.49. The summed E-state index contributed by atoms with van der Waals surface area (Å²) in [5.74, 6) is 0.134. The minimum Gasteiger partial charge on any atom is -0.465 e. The van der Waals surface area contributed by atoms with E-state index in [1.807, 2.05) is 0 Å². The van der Waals surface area contributed by atoms with Gasteiger partial charge in [-0.25, -0.2) is 13.2 Å². The van der Waals surface area contributed by atoms with Crippen molar-refractivity contribution in [2.24, 2.45) is 0 Å². The highest BCUT2D eigenvalue weighted by atomic mass is 35.5. The Bertz CT molecular complexity index is 1240. The fourth-order valence-electron chi connectivity index (χ4n) is 3.21. The van der Waals surface area contributed by atoms with Crippen LogP contribution in [0.2, 0.25) is 10.0 Å². The van der Waals surface area contributed by atoms with Gasteiger partial charge in [0, 0.05) is 16.3 Å². The zero-order valence-electron chi connectivity index (χ0n) is 16.8. The van der Waals surface area contributed by atoms with Gasteiger partial charge < -0.3 is 9.63 Å². The molecule has 0 spiro atoms. The number of sulfonamides is 1. The predicted molar refractivity (Wildman–Crippen MR) is 121 cm³/mol. The van der Waals surface area contributed by atoms with Crippen LogP contribution >= 0.6 is 23.2 Å². The summed E-state index contributed by atoms with van der Waals surface area (Å²) in [6, 6.07) is 10.7. The lowest BCUT2D eigenvalue weighted by Gasteiger charge is -2.27. The van der Waals surface area contributed by atoms with Crippen LogP contribution < -0.4 is 9.62 Å². The van der Waals surface area contributed by atoms with E-state index in [2.05, 4.69) is 9.88 Å². The third-order valence-electron chi connectivity index (χ3n) is 4.54. The van der Waals surface area contributed by atoms with Crippen molar-refractivity contribution < 1.29 is 22.8 Å². The SMILES string of the molecule is Cc1noc(-c2ccc(NS(C)(=O)=O)cc2Cl)c1N(C(=O)O)C(C)c1ccccc1Cl. The van der Waals surface area contributed by atoms with Gasteiger partial charge in [-0.1, -0.05) is 46.6 Å². The molecular formula is C20H19Cl2N3O5S. The molecule has 3 rings (SSSR count). The summed E-state index contributed by atoms with van der Waals surface area (Å²) in [6.07, 6.45) is -0.209. The number of hydrogen-bond donors (Lipinski definition) is 2. The number of amides is 1. The number of rotatable bonds is 6. The van der Waals surface area contributed by atoms with E-state index in [4.69, 9.17) is 27.7 Å². The minimum absolute atomic E-state index is 0.134. The standard InChI is InChI=1S/C20H19Cl2N3O5S/c1-11-18(25(20(26)27)12(2)14-6-4-5-7-16(14)21)19(30-23-11)15-9-8-13(10-17(15)22)24-31(3,28)29/h4-10,12,24H,1-3H3,(H,26,27). The Morgan fingerprint density at radius 2 is 1.87 bits per heavy atom. The highest BCUT2D eigenvalue weighted by molar-refractivity contribution is 7.92. The molecule has 1 heterocycles. The molecule has 0 saturated heterocycles. The lowest BCUT2D eigenvalue weighted by molar-refractivity contribution is 0.199. The molecule has 0 radical (unpaired) electrons. The van der Waals surface area contributed by atoms with E-state index in [1.54, 1.807) is 38.1 Å². The highest BCUT2D eigenvalue weighted by Crippen LogP contribution is 2.42. The summed E-state index contributed by atoms with van der Waals surface area (Å²) in [6.45, 7) is 3.32. The number of nitrogens with one attached hydrogen (secondary N) is 1. The normalized spacial score (nSPS) is 12.4. The first-order chi connectivity index (χ1) is 14.5. The van der Waals surface area contributed by atoms with Crippen molar-refractivity contribution in [1.82, 2.24) is 5.16 Å². The molecule has 0 aliphatic carbocycles. The average Bonchev–Trinajstić information content (AvgIpc) is 3.02. The van der Waals surface area contributed by atoms with E-state index in [1.165, 1.54) is 18.2 Å². The number of carboxylic acid groups (broad SMARTS) is 1. The quantitative estimate of drug-likeness (QED) is 0.473. The van der Waals surface area contributed by atoms with Crippen LogP contribution in [0.15, 0.2) is 47.0 Å². The molecule has 0 bridgehead atoms. The first-order valence-corrected chi connectivity index (χ1v) is 11.6. The van der Waals surface area contributed by atoms with Crippen molar-refractivity contribution in [2.45, 2.75) is 19.9 Å². The van der Waals surface area contributed by atoms with Crippen molar-refractivity contribution in [3.63, 3.8) is 0 Å². The third kappa shape index (κ3) is 4.95. The summed E-state index contributed by atoms with van der Waals surface area (Å²) < 4.78 is 30.7. The Labute approximate surface area is 189 Å². The van der Waals surface area contributed by atoms with E-state index in [9.17, 15) is 18.3 Å². The number of carbonyl (C=O) groups is 1. The molecule has 0 fully saturated rings. The van der Waals surface area contributed by atoms with E-state index in [0.717, 1.165) is 11.2 Å². The molecule has 164 valence electrons. The number of halogens is 2. The van der Waals surface area contributed by atoms with E-state index in [0.29, 0.717) is 21.8 Å². The zero-order chi connectivity index (χ0) is 22.9. The van der Waals surface area contributed by atoms with Gasteiger partial charge in [0.05, 0.1) is 17.3 Å². The monoisotopic (exact) mass is 483 g/mol. The van der Waals surface area contributed by atoms with Crippen molar-refractivity contribution in [1.29, 1.82) is 0 Å². The summed E-state index contributed by atoms with van der Waals surface area (Å²) in [7, 11) is -3.49. The molecule has 2 N–H and O–H groups in total. The Balaban J connectivity index is 2.11.